The second-order valence-corrected chi connectivity index (χ2v) is 7.71. The molecule has 1 aliphatic rings. The number of likely N-dealkylation sites (tertiary alicyclic amines) is 1. The van der Waals surface area contributed by atoms with Crippen LogP contribution in [-0.2, 0) is 4.74 Å². The van der Waals surface area contributed by atoms with Gasteiger partial charge in [-0.15, -0.1) is 0 Å². The summed E-state index contributed by atoms with van der Waals surface area (Å²) in [5.41, 5.74) is 1.31. The van der Waals surface area contributed by atoms with Crippen LogP contribution in [0.2, 0.25) is 10.0 Å². The monoisotopic (exact) mass is 435 g/mol. The predicted molar refractivity (Wildman–Crippen MR) is 116 cm³/mol. The van der Waals surface area contributed by atoms with E-state index in [4.69, 9.17) is 27.9 Å². The van der Waals surface area contributed by atoms with E-state index in [2.05, 4.69) is 10.6 Å². The van der Waals surface area contributed by atoms with Crippen LogP contribution >= 0.6 is 23.2 Å². The van der Waals surface area contributed by atoms with E-state index in [0.29, 0.717) is 34.4 Å². The number of hydrogen-bond donors (Lipinski definition) is 2. The number of halogens is 2. The summed E-state index contributed by atoms with van der Waals surface area (Å²) in [5, 5.41) is 6.77. The van der Waals surface area contributed by atoms with Crippen LogP contribution in [0.3, 0.4) is 0 Å². The molecule has 0 bridgehead atoms. The Bertz CT molecular complexity index is 828. The standard InChI is InChI=1S/C21H23Cl2N3O3/c22-15-4-8-17(9-5-15)24-20(27)26-13-2-1-3-19(26)12-14-29-21(28)25-18-10-6-16(23)7-11-18/h4-11,19H,1-3,12-14H2,(H,24,27)(H,25,28). The number of urea groups is 1. The second kappa shape index (κ2) is 10.4. The van der Waals surface area contributed by atoms with Crippen LogP contribution in [0, 0.1) is 0 Å². The van der Waals surface area contributed by atoms with E-state index >= 15 is 0 Å². The van der Waals surface area contributed by atoms with Gasteiger partial charge in [0.2, 0.25) is 0 Å². The fraction of sp³-hybridized carbons (Fsp3) is 0.333. The first-order valence-electron chi connectivity index (χ1n) is 9.54. The molecule has 2 aromatic rings. The Morgan fingerprint density at radius 2 is 1.52 bits per heavy atom. The number of nitrogens with zero attached hydrogens (tertiary/aromatic N) is 1. The van der Waals surface area contributed by atoms with Crippen LogP contribution in [0.5, 0.6) is 0 Å². The molecule has 1 unspecified atom stereocenters. The first kappa shape index (κ1) is 21.3. The molecule has 1 saturated heterocycles. The molecule has 154 valence electrons. The van der Waals surface area contributed by atoms with Gasteiger partial charge in [-0.25, -0.2) is 9.59 Å². The molecule has 0 radical (unpaired) electrons. The third kappa shape index (κ3) is 6.54. The van der Waals surface area contributed by atoms with Crippen LogP contribution in [0.15, 0.2) is 48.5 Å². The summed E-state index contributed by atoms with van der Waals surface area (Å²) in [5.74, 6) is 0. The van der Waals surface area contributed by atoms with E-state index in [1.54, 1.807) is 48.5 Å². The Hall–Kier alpha value is -2.44. The number of hydrogen-bond acceptors (Lipinski definition) is 3. The van der Waals surface area contributed by atoms with Gasteiger partial charge in [-0.2, -0.15) is 0 Å². The highest BCUT2D eigenvalue weighted by Crippen LogP contribution is 2.22. The molecule has 1 aliphatic heterocycles. The quantitative estimate of drug-likeness (QED) is 0.602. The van der Waals surface area contributed by atoms with Crippen molar-refractivity contribution in [2.75, 3.05) is 23.8 Å². The van der Waals surface area contributed by atoms with Crippen LogP contribution in [0.4, 0.5) is 21.0 Å². The Balaban J connectivity index is 1.47. The lowest BCUT2D eigenvalue weighted by Gasteiger charge is -2.35. The van der Waals surface area contributed by atoms with Gasteiger partial charge in [0.05, 0.1) is 6.61 Å². The highest BCUT2D eigenvalue weighted by Gasteiger charge is 2.26. The van der Waals surface area contributed by atoms with Crippen molar-refractivity contribution in [1.29, 1.82) is 0 Å². The topological polar surface area (TPSA) is 70.7 Å². The Labute approximate surface area is 180 Å². The fourth-order valence-corrected chi connectivity index (χ4v) is 3.52. The first-order valence-corrected chi connectivity index (χ1v) is 10.3. The molecule has 1 heterocycles. The van der Waals surface area contributed by atoms with Gasteiger partial charge in [0.15, 0.2) is 0 Å². The lowest BCUT2D eigenvalue weighted by atomic mass is 10.00. The maximum Gasteiger partial charge on any atom is 0.411 e. The van der Waals surface area contributed by atoms with Crippen molar-refractivity contribution < 1.29 is 14.3 Å². The molecular weight excluding hydrogens is 413 g/mol. The Morgan fingerprint density at radius 1 is 0.931 bits per heavy atom. The molecule has 2 aromatic carbocycles. The molecular formula is C21H23Cl2N3O3. The molecule has 2 N–H and O–H groups in total. The van der Waals surface area contributed by atoms with E-state index in [-0.39, 0.29) is 18.7 Å². The molecule has 1 atom stereocenters. The zero-order valence-electron chi connectivity index (χ0n) is 15.9. The smallest absolute Gasteiger partial charge is 0.411 e. The largest absolute Gasteiger partial charge is 0.449 e. The SMILES string of the molecule is O=C(Nc1ccc(Cl)cc1)OCCC1CCCCN1C(=O)Nc1ccc(Cl)cc1. The lowest BCUT2D eigenvalue weighted by Crippen LogP contribution is -2.46. The van der Waals surface area contributed by atoms with Gasteiger partial charge in [0, 0.05) is 40.4 Å². The number of piperidine rings is 1. The predicted octanol–water partition coefficient (Wildman–Crippen LogP) is 6.02. The highest BCUT2D eigenvalue weighted by molar-refractivity contribution is 6.30. The number of carbonyl (C=O) groups is 2. The minimum absolute atomic E-state index is 0.0272. The molecule has 0 aromatic heterocycles. The first-order chi connectivity index (χ1) is 14.0. The number of ether oxygens (including phenoxy) is 1. The van der Waals surface area contributed by atoms with Crippen LogP contribution in [0.1, 0.15) is 25.7 Å². The molecule has 29 heavy (non-hydrogen) atoms. The summed E-state index contributed by atoms with van der Waals surface area (Å²) < 4.78 is 5.28. The minimum Gasteiger partial charge on any atom is -0.449 e. The van der Waals surface area contributed by atoms with Crippen molar-refractivity contribution in [2.45, 2.75) is 31.7 Å². The van der Waals surface area contributed by atoms with Crippen molar-refractivity contribution >= 4 is 46.7 Å². The van der Waals surface area contributed by atoms with E-state index in [1.165, 1.54) is 0 Å². The van der Waals surface area contributed by atoms with Gasteiger partial charge in [-0.05, 0) is 67.8 Å². The molecule has 0 spiro atoms. The highest BCUT2D eigenvalue weighted by atomic mass is 35.5. The minimum atomic E-state index is -0.528. The molecule has 6 nitrogen and oxygen atoms in total. The summed E-state index contributed by atoms with van der Waals surface area (Å²) in [6, 6.07) is 13.7. The third-order valence-corrected chi connectivity index (χ3v) is 5.26. The number of benzene rings is 2. The van der Waals surface area contributed by atoms with Crippen molar-refractivity contribution in [3.05, 3.63) is 58.6 Å². The number of amides is 3. The summed E-state index contributed by atoms with van der Waals surface area (Å²) in [6.45, 7) is 0.913. The van der Waals surface area contributed by atoms with E-state index in [1.807, 2.05) is 4.90 Å². The van der Waals surface area contributed by atoms with Crippen molar-refractivity contribution in [3.8, 4) is 0 Å². The van der Waals surface area contributed by atoms with Gasteiger partial charge >= 0.3 is 12.1 Å². The summed E-state index contributed by atoms with van der Waals surface area (Å²) in [7, 11) is 0. The average molecular weight is 436 g/mol. The molecule has 3 amide bonds. The van der Waals surface area contributed by atoms with Gasteiger partial charge in [0.1, 0.15) is 0 Å². The van der Waals surface area contributed by atoms with Crippen molar-refractivity contribution in [1.82, 2.24) is 4.90 Å². The number of nitrogens with one attached hydrogen (secondary N) is 2. The molecule has 0 saturated carbocycles. The van der Waals surface area contributed by atoms with Crippen LogP contribution < -0.4 is 10.6 Å². The fourth-order valence-electron chi connectivity index (χ4n) is 3.27. The molecule has 3 rings (SSSR count). The zero-order chi connectivity index (χ0) is 20.6. The maximum atomic E-state index is 12.7. The zero-order valence-corrected chi connectivity index (χ0v) is 17.4. The molecule has 1 fully saturated rings. The van der Waals surface area contributed by atoms with E-state index in [9.17, 15) is 9.59 Å². The maximum absolute atomic E-state index is 12.7. The van der Waals surface area contributed by atoms with Crippen LogP contribution in [0.25, 0.3) is 0 Å². The number of carbonyl (C=O) groups excluding carboxylic acids is 2. The van der Waals surface area contributed by atoms with Gasteiger partial charge < -0.3 is 15.0 Å². The number of rotatable bonds is 5. The second-order valence-electron chi connectivity index (χ2n) is 6.84. The molecule has 0 aliphatic carbocycles. The summed E-state index contributed by atoms with van der Waals surface area (Å²) in [4.78, 5) is 26.5. The van der Waals surface area contributed by atoms with E-state index in [0.717, 1.165) is 19.3 Å². The normalized spacial score (nSPS) is 16.2. The van der Waals surface area contributed by atoms with E-state index < -0.39 is 6.09 Å². The summed E-state index contributed by atoms with van der Waals surface area (Å²) >= 11 is 11.7. The van der Waals surface area contributed by atoms with Crippen molar-refractivity contribution in [3.63, 3.8) is 0 Å². The average Bonchev–Trinajstić information content (AvgIpc) is 2.72. The molecule has 8 heteroatoms. The lowest BCUT2D eigenvalue weighted by molar-refractivity contribution is 0.123. The Kier molecular flexibility index (Phi) is 7.61. The Morgan fingerprint density at radius 3 is 2.14 bits per heavy atom. The van der Waals surface area contributed by atoms with Crippen LogP contribution in [-0.4, -0.2) is 36.2 Å². The number of anilines is 2. The summed E-state index contributed by atoms with van der Waals surface area (Å²) in [6.07, 6.45) is 2.95. The van der Waals surface area contributed by atoms with Gasteiger partial charge in [-0.1, -0.05) is 23.2 Å². The van der Waals surface area contributed by atoms with Crippen molar-refractivity contribution in [2.24, 2.45) is 0 Å². The van der Waals surface area contributed by atoms with Gasteiger partial charge in [-0.3, -0.25) is 5.32 Å². The third-order valence-electron chi connectivity index (χ3n) is 4.76. The van der Waals surface area contributed by atoms with Gasteiger partial charge in [0.25, 0.3) is 0 Å².